The topological polar surface area (TPSA) is 37.3 Å². The van der Waals surface area contributed by atoms with Crippen molar-refractivity contribution in [3.05, 3.63) is 28.3 Å². The Morgan fingerprint density at radius 3 is 2.58 bits per heavy atom. The molecule has 0 fully saturated rings. The first-order chi connectivity index (χ1) is 5.54. The smallest absolute Gasteiger partial charge is 0.337 e. The Morgan fingerprint density at radius 1 is 1.58 bits per heavy atom. The number of carboxylic acid groups (broad SMARTS) is 1. The lowest BCUT2D eigenvalue weighted by molar-refractivity contribution is 0.0696. The van der Waals surface area contributed by atoms with Gasteiger partial charge in [-0.05, 0) is 18.6 Å². The summed E-state index contributed by atoms with van der Waals surface area (Å²) in [6.45, 7) is 1.63. The second-order valence-corrected chi connectivity index (χ2v) is 2.85. The molecule has 2 radical (unpaired) electrons. The van der Waals surface area contributed by atoms with Gasteiger partial charge in [0, 0.05) is 0 Å². The summed E-state index contributed by atoms with van der Waals surface area (Å²) < 4.78 is 0. The van der Waals surface area contributed by atoms with Gasteiger partial charge in [0.15, 0.2) is 0 Å². The van der Waals surface area contributed by atoms with Gasteiger partial charge in [-0.2, -0.15) is 0 Å². The molecule has 0 saturated carbocycles. The maximum atomic E-state index is 10.7. The lowest BCUT2D eigenvalue weighted by Gasteiger charge is -2.06. The fourth-order valence-electron chi connectivity index (χ4n) is 0.957. The summed E-state index contributed by atoms with van der Waals surface area (Å²) in [5.74, 6) is -1.05. The van der Waals surface area contributed by atoms with Gasteiger partial charge in [0.25, 0.3) is 0 Å². The Bertz CT molecular complexity index is 336. The van der Waals surface area contributed by atoms with E-state index in [0.717, 1.165) is 0 Å². The van der Waals surface area contributed by atoms with Crippen molar-refractivity contribution in [1.82, 2.24) is 0 Å². The molecule has 4 heteroatoms. The van der Waals surface area contributed by atoms with Gasteiger partial charge < -0.3 is 5.11 Å². The third-order valence-electron chi connectivity index (χ3n) is 1.67. The van der Waals surface area contributed by atoms with Crippen LogP contribution in [0.1, 0.15) is 15.9 Å². The van der Waals surface area contributed by atoms with Crippen molar-refractivity contribution >= 4 is 30.9 Å². The summed E-state index contributed by atoms with van der Waals surface area (Å²) in [4.78, 5) is 10.7. The van der Waals surface area contributed by atoms with E-state index in [1.54, 1.807) is 13.0 Å². The van der Waals surface area contributed by atoms with Crippen LogP contribution in [0.4, 0.5) is 0 Å². The first-order valence-electron chi connectivity index (χ1n) is 3.32. The van der Waals surface area contributed by atoms with E-state index in [2.05, 4.69) is 0 Å². The van der Waals surface area contributed by atoms with Gasteiger partial charge in [0.2, 0.25) is 0 Å². The highest BCUT2D eigenvalue weighted by Crippen LogP contribution is 2.17. The minimum atomic E-state index is -1.05. The van der Waals surface area contributed by atoms with Crippen molar-refractivity contribution in [2.24, 2.45) is 0 Å². The number of hydrogen-bond donors (Lipinski definition) is 1. The predicted molar refractivity (Wildman–Crippen MR) is 48.5 cm³/mol. The van der Waals surface area contributed by atoms with Crippen molar-refractivity contribution in [2.45, 2.75) is 6.92 Å². The molecule has 1 N–H and O–H groups in total. The quantitative estimate of drug-likeness (QED) is 0.658. The molecule has 0 aliphatic rings. The second kappa shape index (κ2) is 3.19. The summed E-state index contributed by atoms with van der Waals surface area (Å²) in [6.07, 6.45) is 0. The van der Waals surface area contributed by atoms with Crippen molar-refractivity contribution in [3.8, 4) is 0 Å². The molecule has 1 rings (SSSR count). The van der Waals surface area contributed by atoms with Crippen LogP contribution in [0.15, 0.2) is 12.1 Å². The summed E-state index contributed by atoms with van der Waals surface area (Å²) >= 11 is 5.66. The zero-order valence-corrected chi connectivity index (χ0v) is 7.22. The van der Waals surface area contributed by atoms with Gasteiger partial charge in [0.1, 0.15) is 7.85 Å². The van der Waals surface area contributed by atoms with E-state index in [1.807, 2.05) is 0 Å². The van der Waals surface area contributed by atoms with Crippen LogP contribution in [-0.4, -0.2) is 18.9 Å². The van der Waals surface area contributed by atoms with Gasteiger partial charge >= 0.3 is 5.97 Å². The molecule has 1 aromatic rings. The lowest BCUT2D eigenvalue weighted by Crippen LogP contribution is -2.13. The highest BCUT2D eigenvalue weighted by molar-refractivity contribution is 6.37. The number of halogens is 1. The van der Waals surface area contributed by atoms with Crippen LogP contribution in [0.25, 0.3) is 0 Å². The maximum Gasteiger partial charge on any atom is 0.337 e. The standard InChI is InChI=1S/C8H6BClO2/c1-4-5(9)2-3-6(10)7(4)8(11)12/h2-3H,1H3,(H,11,12). The summed E-state index contributed by atoms with van der Waals surface area (Å²) in [6, 6.07) is 3.07. The average molecular weight is 180 g/mol. The Hall–Kier alpha value is -0.955. The molecule has 0 aromatic heterocycles. The molecule has 0 unspecified atom stereocenters. The van der Waals surface area contributed by atoms with Crippen molar-refractivity contribution < 1.29 is 9.90 Å². The maximum absolute atomic E-state index is 10.7. The Labute approximate surface area is 76.6 Å². The van der Waals surface area contributed by atoms with Crippen molar-refractivity contribution in [3.63, 3.8) is 0 Å². The molecule has 0 saturated heterocycles. The van der Waals surface area contributed by atoms with E-state index in [1.165, 1.54) is 6.07 Å². The van der Waals surface area contributed by atoms with Crippen molar-refractivity contribution in [1.29, 1.82) is 0 Å². The molecule has 60 valence electrons. The third-order valence-corrected chi connectivity index (χ3v) is 1.98. The molecule has 1 aromatic carbocycles. The van der Waals surface area contributed by atoms with Crippen LogP contribution >= 0.6 is 11.6 Å². The highest BCUT2D eigenvalue weighted by Gasteiger charge is 2.12. The molecule has 12 heavy (non-hydrogen) atoms. The number of aromatic carboxylic acids is 1. The van der Waals surface area contributed by atoms with E-state index < -0.39 is 5.97 Å². The molecule has 0 spiro atoms. The van der Waals surface area contributed by atoms with Gasteiger partial charge in [-0.3, -0.25) is 0 Å². The first kappa shape index (κ1) is 9.14. The van der Waals surface area contributed by atoms with E-state index >= 15 is 0 Å². The fraction of sp³-hybridized carbons (Fsp3) is 0.125. The molecular weight excluding hydrogens is 174 g/mol. The second-order valence-electron chi connectivity index (χ2n) is 2.44. The molecule has 0 aliphatic carbocycles. The summed E-state index contributed by atoms with van der Waals surface area (Å²) in [7, 11) is 5.51. The number of carbonyl (C=O) groups is 1. The molecule has 0 bridgehead atoms. The number of hydrogen-bond acceptors (Lipinski definition) is 1. The van der Waals surface area contributed by atoms with Crippen LogP contribution < -0.4 is 5.46 Å². The molecule has 2 nitrogen and oxygen atoms in total. The number of benzene rings is 1. The van der Waals surface area contributed by atoms with Gasteiger partial charge in [-0.25, -0.2) is 4.79 Å². The number of rotatable bonds is 1. The van der Waals surface area contributed by atoms with E-state index in [0.29, 0.717) is 11.0 Å². The normalized spacial score (nSPS) is 9.83. The van der Waals surface area contributed by atoms with Gasteiger partial charge in [0.05, 0.1) is 10.6 Å². The molecule has 0 amide bonds. The van der Waals surface area contributed by atoms with Crippen LogP contribution in [0.3, 0.4) is 0 Å². The third kappa shape index (κ3) is 1.46. The monoisotopic (exact) mass is 180 g/mol. The van der Waals surface area contributed by atoms with E-state index in [4.69, 9.17) is 24.6 Å². The molecular formula is C8H6BClO2. The summed E-state index contributed by atoms with van der Waals surface area (Å²) in [5, 5.41) is 8.95. The minimum Gasteiger partial charge on any atom is -0.478 e. The highest BCUT2D eigenvalue weighted by atomic mass is 35.5. The summed E-state index contributed by atoms with van der Waals surface area (Å²) in [5.41, 5.74) is 1.03. The van der Waals surface area contributed by atoms with E-state index in [-0.39, 0.29) is 10.6 Å². The Balaban J connectivity index is 3.43. The minimum absolute atomic E-state index is 0.0802. The van der Waals surface area contributed by atoms with Crippen LogP contribution in [0.5, 0.6) is 0 Å². The number of carboxylic acids is 1. The lowest BCUT2D eigenvalue weighted by atomic mass is 9.88. The fourth-order valence-corrected chi connectivity index (χ4v) is 1.24. The zero-order valence-electron chi connectivity index (χ0n) is 6.47. The average Bonchev–Trinajstić information content (AvgIpc) is 1.97. The first-order valence-corrected chi connectivity index (χ1v) is 3.69. The largest absolute Gasteiger partial charge is 0.478 e. The SMILES string of the molecule is [B]c1ccc(Cl)c(C(=O)O)c1C. The molecule has 0 aliphatic heterocycles. The van der Waals surface area contributed by atoms with Crippen LogP contribution in [-0.2, 0) is 0 Å². The van der Waals surface area contributed by atoms with Crippen LogP contribution in [0.2, 0.25) is 5.02 Å². The van der Waals surface area contributed by atoms with Crippen LogP contribution in [0, 0.1) is 6.92 Å². The zero-order chi connectivity index (χ0) is 9.30. The Kier molecular flexibility index (Phi) is 2.43. The molecule has 0 atom stereocenters. The van der Waals surface area contributed by atoms with Gasteiger partial charge in [-0.1, -0.05) is 23.1 Å². The van der Waals surface area contributed by atoms with E-state index in [9.17, 15) is 4.79 Å². The van der Waals surface area contributed by atoms with Gasteiger partial charge in [-0.15, -0.1) is 0 Å². The molecule has 0 heterocycles. The predicted octanol–water partition coefficient (Wildman–Crippen LogP) is 1.14. The Morgan fingerprint density at radius 2 is 2.17 bits per heavy atom. The van der Waals surface area contributed by atoms with Crippen molar-refractivity contribution in [2.75, 3.05) is 0 Å².